The third kappa shape index (κ3) is 2.92. The average molecular weight is 392 g/mol. The number of nitrogens with two attached hydrogens (primary N) is 2. The fourth-order valence-electron chi connectivity index (χ4n) is 3.06. The van der Waals surface area contributed by atoms with E-state index in [1.807, 2.05) is 30.3 Å². The van der Waals surface area contributed by atoms with Gasteiger partial charge in [0.1, 0.15) is 34.7 Å². The Morgan fingerprint density at radius 3 is 2.64 bits per heavy atom. The number of aromatic nitrogens is 1. The molecule has 0 amide bonds. The van der Waals surface area contributed by atoms with Crippen LogP contribution in [0.15, 0.2) is 47.4 Å². The minimum absolute atomic E-state index is 0.00977. The van der Waals surface area contributed by atoms with E-state index in [9.17, 15) is 10.4 Å². The molecule has 5 N–H and O–H groups in total. The van der Waals surface area contributed by atoms with E-state index in [4.69, 9.17) is 20.9 Å². The van der Waals surface area contributed by atoms with Gasteiger partial charge in [-0.3, -0.25) is 0 Å². The summed E-state index contributed by atoms with van der Waals surface area (Å²) in [6, 6.07) is 14.5. The van der Waals surface area contributed by atoms with Crippen molar-refractivity contribution in [2.24, 2.45) is 0 Å². The molecular formula is C20H16N4O3S. The van der Waals surface area contributed by atoms with Crippen LogP contribution in [0.4, 0.5) is 11.5 Å². The molecule has 7 nitrogen and oxygen atoms in total. The monoisotopic (exact) mass is 392 g/mol. The van der Waals surface area contributed by atoms with E-state index in [1.54, 1.807) is 19.2 Å². The number of nitriles is 1. The molecule has 8 heteroatoms. The smallest absolute Gasteiger partial charge is 0.228 e. The summed E-state index contributed by atoms with van der Waals surface area (Å²) in [5.74, 6) is 1.54. The summed E-state index contributed by atoms with van der Waals surface area (Å²) in [4.78, 5) is 5.20. The third-order valence-corrected chi connectivity index (χ3v) is 5.71. The van der Waals surface area contributed by atoms with Gasteiger partial charge in [-0.25, -0.2) is 0 Å². The van der Waals surface area contributed by atoms with Gasteiger partial charge in [0, 0.05) is 16.5 Å². The highest BCUT2D eigenvalue weighted by molar-refractivity contribution is 7.99. The van der Waals surface area contributed by atoms with Gasteiger partial charge in [0.25, 0.3) is 0 Å². The van der Waals surface area contributed by atoms with E-state index in [-0.39, 0.29) is 33.9 Å². The number of thioether (sulfide) groups is 1. The summed E-state index contributed by atoms with van der Waals surface area (Å²) in [6.45, 7) is 0. The molecule has 1 aliphatic heterocycles. The number of nitrogens with zero attached hydrogens (tertiary/aromatic N) is 2. The Balaban J connectivity index is 1.87. The third-order valence-electron chi connectivity index (χ3n) is 4.44. The van der Waals surface area contributed by atoms with Crippen LogP contribution >= 0.6 is 11.8 Å². The number of fused-ring (bicyclic) bond motifs is 2. The van der Waals surface area contributed by atoms with E-state index < -0.39 is 0 Å². The number of methoxy groups -OCH3 is 1. The first-order valence-electron chi connectivity index (χ1n) is 8.32. The van der Waals surface area contributed by atoms with Crippen LogP contribution in [0.25, 0.3) is 0 Å². The second kappa shape index (κ2) is 6.87. The second-order valence-electron chi connectivity index (χ2n) is 6.11. The maximum Gasteiger partial charge on any atom is 0.228 e. The van der Waals surface area contributed by atoms with Gasteiger partial charge in [0.05, 0.1) is 23.6 Å². The molecule has 1 unspecified atom stereocenters. The van der Waals surface area contributed by atoms with Gasteiger partial charge >= 0.3 is 0 Å². The summed E-state index contributed by atoms with van der Waals surface area (Å²) in [7, 11) is 1.61. The summed E-state index contributed by atoms with van der Waals surface area (Å²) < 4.78 is 11.1. The zero-order valence-electron chi connectivity index (χ0n) is 14.8. The fraction of sp³-hybridized carbons (Fsp3) is 0.100. The van der Waals surface area contributed by atoms with E-state index >= 15 is 0 Å². The van der Waals surface area contributed by atoms with Gasteiger partial charge in [-0.1, -0.05) is 6.07 Å². The van der Waals surface area contributed by atoms with Crippen molar-refractivity contribution in [2.45, 2.75) is 10.1 Å². The minimum atomic E-state index is -0.298. The van der Waals surface area contributed by atoms with Crippen LogP contribution in [-0.4, -0.2) is 17.2 Å². The standard InChI is InChI=1S/C20H16N4O3S/c1-26-11-3-5-12(6-4-11)28-18-13-7-2-10(25)8-15(13)27-20-16(18)17(22)14(9-21)19(23)24-20/h2-8,18,25H,1H3,(H4,22,23,24). The summed E-state index contributed by atoms with van der Waals surface area (Å²) >= 11 is 1.53. The van der Waals surface area contributed by atoms with Crippen molar-refractivity contribution in [3.63, 3.8) is 0 Å². The van der Waals surface area contributed by atoms with Crippen LogP contribution in [0, 0.1) is 11.3 Å². The number of benzene rings is 2. The van der Waals surface area contributed by atoms with Crippen LogP contribution < -0.4 is 20.9 Å². The molecule has 0 bridgehead atoms. The van der Waals surface area contributed by atoms with Crippen LogP contribution in [0.2, 0.25) is 0 Å². The Bertz CT molecular complexity index is 1110. The number of ether oxygens (including phenoxy) is 2. The summed E-state index contributed by atoms with van der Waals surface area (Å²) in [6.07, 6.45) is 0. The highest BCUT2D eigenvalue weighted by atomic mass is 32.2. The normalized spacial score (nSPS) is 14.4. The number of phenolic OH excluding ortho intramolecular Hbond substituents is 1. The van der Waals surface area contributed by atoms with E-state index in [0.29, 0.717) is 11.3 Å². The van der Waals surface area contributed by atoms with Gasteiger partial charge in [-0.15, -0.1) is 11.8 Å². The fourth-order valence-corrected chi connectivity index (χ4v) is 4.30. The molecule has 1 aromatic heterocycles. The van der Waals surface area contributed by atoms with Crippen molar-refractivity contribution >= 4 is 23.3 Å². The van der Waals surface area contributed by atoms with Crippen molar-refractivity contribution in [3.05, 3.63) is 59.2 Å². The number of aromatic hydroxyl groups is 1. The molecule has 4 rings (SSSR count). The molecule has 0 spiro atoms. The summed E-state index contributed by atoms with van der Waals surface area (Å²) in [5.41, 5.74) is 13.9. The average Bonchev–Trinajstić information content (AvgIpc) is 2.68. The highest BCUT2D eigenvalue weighted by Crippen LogP contribution is 2.54. The lowest BCUT2D eigenvalue weighted by molar-refractivity contribution is 0.414. The van der Waals surface area contributed by atoms with Crippen LogP contribution in [0.1, 0.15) is 21.9 Å². The number of hydrogen-bond acceptors (Lipinski definition) is 8. The van der Waals surface area contributed by atoms with Crippen LogP contribution in [-0.2, 0) is 0 Å². The quantitative estimate of drug-likeness (QED) is 0.614. The lowest BCUT2D eigenvalue weighted by atomic mass is 9.98. The van der Waals surface area contributed by atoms with E-state index in [0.717, 1.165) is 16.2 Å². The molecule has 0 radical (unpaired) electrons. The Hall–Kier alpha value is -3.57. The highest BCUT2D eigenvalue weighted by Gasteiger charge is 2.33. The van der Waals surface area contributed by atoms with Gasteiger partial charge in [-0.2, -0.15) is 10.2 Å². The molecule has 28 heavy (non-hydrogen) atoms. The Labute approximate surface area is 165 Å². The second-order valence-corrected chi connectivity index (χ2v) is 7.29. The Kier molecular flexibility index (Phi) is 4.37. The SMILES string of the molecule is COc1ccc(SC2c3ccc(O)cc3Oc3nc(N)c(C#N)c(N)c32)cc1. The minimum Gasteiger partial charge on any atom is -0.508 e. The predicted octanol–water partition coefficient (Wildman–Crippen LogP) is 3.82. The number of pyridine rings is 1. The van der Waals surface area contributed by atoms with Crippen molar-refractivity contribution < 1.29 is 14.6 Å². The maximum absolute atomic E-state index is 9.85. The van der Waals surface area contributed by atoms with Crippen LogP contribution in [0.3, 0.4) is 0 Å². The van der Waals surface area contributed by atoms with Gasteiger partial charge in [0.2, 0.25) is 5.88 Å². The number of anilines is 2. The number of hydrogen-bond donors (Lipinski definition) is 3. The topological polar surface area (TPSA) is 127 Å². The lowest BCUT2D eigenvalue weighted by Crippen LogP contribution is -2.14. The summed E-state index contributed by atoms with van der Waals surface area (Å²) in [5, 5.41) is 19.0. The zero-order chi connectivity index (χ0) is 19.8. The first kappa shape index (κ1) is 17.8. The first-order valence-corrected chi connectivity index (χ1v) is 9.20. The number of phenols is 1. The number of nitrogen functional groups attached to an aromatic ring is 2. The molecule has 0 aliphatic carbocycles. The van der Waals surface area contributed by atoms with Crippen molar-refractivity contribution in [1.29, 1.82) is 5.26 Å². The molecule has 1 atom stereocenters. The molecule has 0 saturated heterocycles. The molecular weight excluding hydrogens is 376 g/mol. The molecule has 1 aliphatic rings. The maximum atomic E-state index is 9.85. The van der Waals surface area contributed by atoms with E-state index in [2.05, 4.69) is 4.98 Å². The van der Waals surface area contributed by atoms with E-state index in [1.165, 1.54) is 17.8 Å². The van der Waals surface area contributed by atoms with Crippen molar-refractivity contribution in [3.8, 4) is 29.2 Å². The van der Waals surface area contributed by atoms with Crippen molar-refractivity contribution in [2.75, 3.05) is 18.6 Å². The first-order chi connectivity index (χ1) is 13.5. The zero-order valence-corrected chi connectivity index (χ0v) is 15.7. The largest absolute Gasteiger partial charge is 0.508 e. The molecule has 0 saturated carbocycles. The van der Waals surface area contributed by atoms with Gasteiger partial charge < -0.3 is 26.0 Å². The molecule has 2 aromatic carbocycles. The number of rotatable bonds is 3. The molecule has 3 aromatic rings. The molecule has 2 heterocycles. The van der Waals surface area contributed by atoms with Crippen LogP contribution in [0.5, 0.6) is 23.1 Å². The van der Waals surface area contributed by atoms with Crippen molar-refractivity contribution in [1.82, 2.24) is 4.98 Å². The Morgan fingerprint density at radius 2 is 1.96 bits per heavy atom. The molecule has 140 valence electrons. The lowest BCUT2D eigenvalue weighted by Gasteiger charge is -2.29. The van der Waals surface area contributed by atoms with Gasteiger partial charge in [-0.05, 0) is 30.3 Å². The molecule has 0 fully saturated rings. The predicted molar refractivity (Wildman–Crippen MR) is 107 cm³/mol. The Morgan fingerprint density at radius 1 is 1.21 bits per heavy atom. The van der Waals surface area contributed by atoms with Gasteiger partial charge in [0.15, 0.2) is 0 Å².